The highest BCUT2D eigenvalue weighted by molar-refractivity contribution is 7.88. The molecule has 0 bridgehead atoms. The smallest absolute Gasteiger partial charge is 0.208 e. The molecule has 2 rings (SSSR count). The van der Waals surface area contributed by atoms with Crippen molar-refractivity contribution in [2.24, 2.45) is 4.99 Å². The summed E-state index contributed by atoms with van der Waals surface area (Å²) in [5.74, 6) is 0.874. The molecule has 0 radical (unpaired) electrons. The van der Waals surface area contributed by atoms with Gasteiger partial charge in [-0.1, -0.05) is 0 Å². The van der Waals surface area contributed by atoms with Gasteiger partial charge in [0.2, 0.25) is 10.0 Å². The van der Waals surface area contributed by atoms with E-state index in [1.165, 1.54) is 19.1 Å². The molecule has 2 heterocycles. The Labute approximate surface area is 157 Å². The largest absolute Gasteiger partial charge is 0.376 e. The predicted octanol–water partition coefficient (Wildman–Crippen LogP) is 0.551. The number of nitrogens with one attached hydrogen (secondary N) is 2. The van der Waals surface area contributed by atoms with Gasteiger partial charge >= 0.3 is 0 Å². The summed E-state index contributed by atoms with van der Waals surface area (Å²) in [7, 11) is -1.33. The van der Waals surface area contributed by atoms with Crippen LogP contribution in [0.5, 0.6) is 0 Å². The van der Waals surface area contributed by atoms with Gasteiger partial charge in [0.25, 0.3) is 0 Å². The van der Waals surface area contributed by atoms with Gasteiger partial charge < -0.3 is 19.7 Å². The Morgan fingerprint density at radius 3 is 2.62 bits per heavy atom. The van der Waals surface area contributed by atoms with Crippen molar-refractivity contribution in [3.05, 3.63) is 0 Å². The first-order valence-electron chi connectivity index (χ1n) is 9.61. The summed E-state index contributed by atoms with van der Waals surface area (Å²) in [6.07, 6.45) is 7.97. The summed E-state index contributed by atoms with van der Waals surface area (Å²) in [4.78, 5) is 6.57. The second-order valence-electron chi connectivity index (χ2n) is 7.00. The van der Waals surface area contributed by atoms with Crippen LogP contribution < -0.4 is 10.0 Å². The van der Waals surface area contributed by atoms with Crippen LogP contribution in [0, 0.1) is 0 Å². The van der Waals surface area contributed by atoms with E-state index in [1.54, 1.807) is 7.05 Å². The van der Waals surface area contributed by atoms with E-state index >= 15 is 0 Å². The van der Waals surface area contributed by atoms with Gasteiger partial charge in [0.1, 0.15) is 0 Å². The first-order chi connectivity index (χ1) is 12.5. The van der Waals surface area contributed by atoms with Gasteiger partial charge in [-0.2, -0.15) is 0 Å². The number of rotatable bonds is 8. The molecule has 0 aromatic rings. The molecule has 0 amide bonds. The van der Waals surface area contributed by atoms with Crippen molar-refractivity contribution in [1.82, 2.24) is 14.9 Å². The second-order valence-corrected chi connectivity index (χ2v) is 8.84. The molecule has 2 fully saturated rings. The van der Waals surface area contributed by atoms with Crippen molar-refractivity contribution in [2.75, 3.05) is 52.7 Å². The van der Waals surface area contributed by atoms with Crippen molar-refractivity contribution in [1.29, 1.82) is 0 Å². The average molecular weight is 391 g/mol. The molecule has 26 heavy (non-hydrogen) atoms. The molecule has 2 aliphatic rings. The number of ether oxygens (including phenoxy) is 2. The third-order valence-electron chi connectivity index (χ3n) is 4.75. The Bertz CT molecular complexity index is 527. The van der Waals surface area contributed by atoms with Crippen molar-refractivity contribution >= 4 is 16.0 Å². The minimum absolute atomic E-state index is 0.275. The summed E-state index contributed by atoms with van der Waals surface area (Å²) in [5, 5.41) is 3.30. The molecule has 152 valence electrons. The molecular weight excluding hydrogens is 356 g/mol. The van der Waals surface area contributed by atoms with Gasteiger partial charge in [-0.15, -0.1) is 0 Å². The highest BCUT2D eigenvalue weighted by atomic mass is 32.2. The first-order valence-corrected chi connectivity index (χ1v) is 11.5. The van der Waals surface area contributed by atoms with Gasteiger partial charge in [0.15, 0.2) is 5.96 Å². The van der Waals surface area contributed by atoms with E-state index in [9.17, 15) is 8.42 Å². The van der Waals surface area contributed by atoms with Crippen LogP contribution in [0.4, 0.5) is 0 Å². The van der Waals surface area contributed by atoms with Gasteiger partial charge in [-0.3, -0.25) is 4.99 Å². The van der Waals surface area contributed by atoms with Crippen LogP contribution in [0.1, 0.15) is 38.5 Å². The predicted molar refractivity (Wildman–Crippen MR) is 103 cm³/mol. The zero-order valence-corrected chi connectivity index (χ0v) is 16.9. The molecule has 2 saturated heterocycles. The Balaban J connectivity index is 1.60. The van der Waals surface area contributed by atoms with Crippen molar-refractivity contribution in [2.45, 2.75) is 50.7 Å². The monoisotopic (exact) mass is 390 g/mol. The Kier molecular flexibility index (Phi) is 9.10. The lowest BCUT2D eigenvalue weighted by Crippen LogP contribution is -2.47. The molecule has 0 aromatic carbocycles. The number of aliphatic imine (C=N–C) groups is 1. The van der Waals surface area contributed by atoms with E-state index in [4.69, 9.17) is 9.47 Å². The van der Waals surface area contributed by atoms with Crippen molar-refractivity contribution in [3.63, 3.8) is 0 Å². The molecule has 9 heteroatoms. The molecule has 0 aliphatic carbocycles. The topological polar surface area (TPSA) is 92.3 Å². The summed E-state index contributed by atoms with van der Waals surface area (Å²) in [5.41, 5.74) is 0. The fourth-order valence-corrected chi connectivity index (χ4v) is 3.81. The normalized spacial score (nSPS) is 23.2. The van der Waals surface area contributed by atoms with E-state index in [-0.39, 0.29) is 6.10 Å². The zero-order valence-electron chi connectivity index (χ0n) is 16.1. The first kappa shape index (κ1) is 21.4. The molecule has 1 atom stereocenters. The summed E-state index contributed by atoms with van der Waals surface area (Å²) >= 11 is 0. The molecule has 0 spiro atoms. The number of piperidine rings is 1. The van der Waals surface area contributed by atoms with Crippen LogP contribution in [-0.4, -0.2) is 84.2 Å². The van der Waals surface area contributed by atoms with Gasteiger partial charge in [0.05, 0.1) is 25.1 Å². The molecular formula is C17H34N4O4S. The number of hydrogen-bond acceptors (Lipinski definition) is 5. The van der Waals surface area contributed by atoms with E-state index in [2.05, 4.69) is 19.9 Å². The fraction of sp³-hybridized carbons (Fsp3) is 0.941. The summed E-state index contributed by atoms with van der Waals surface area (Å²) in [6, 6.07) is 0. The SMILES string of the molecule is CN=C(NCCCNS(C)(=O)=O)N1CCC(OCC2CCCCO2)CC1. The summed E-state index contributed by atoms with van der Waals surface area (Å²) in [6.45, 7) is 4.53. The van der Waals surface area contributed by atoms with E-state index < -0.39 is 10.0 Å². The highest BCUT2D eigenvalue weighted by Crippen LogP contribution is 2.17. The number of sulfonamides is 1. The maximum absolute atomic E-state index is 11.0. The standard InChI is InChI=1S/C17H34N4O4S/c1-18-17(19-9-5-10-20-26(2,22)23)21-11-7-15(8-12-21)25-14-16-6-3-4-13-24-16/h15-16,20H,3-14H2,1-2H3,(H,18,19). The lowest BCUT2D eigenvalue weighted by Gasteiger charge is -2.35. The molecule has 2 N–H and O–H groups in total. The molecule has 2 aliphatic heterocycles. The third-order valence-corrected chi connectivity index (χ3v) is 5.47. The third kappa shape index (κ3) is 8.20. The Morgan fingerprint density at radius 1 is 1.23 bits per heavy atom. The van der Waals surface area contributed by atoms with Crippen LogP contribution in [0.15, 0.2) is 4.99 Å². The van der Waals surface area contributed by atoms with Gasteiger partial charge in [0, 0.05) is 39.8 Å². The number of hydrogen-bond donors (Lipinski definition) is 2. The van der Waals surface area contributed by atoms with E-state index in [0.717, 1.165) is 44.9 Å². The Hall–Kier alpha value is -0.900. The van der Waals surface area contributed by atoms with Crippen LogP contribution in [-0.2, 0) is 19.5 Å². The van der Waals surface area contributed by atoms with E-state index in [0.29, 0.717) is 32.2 Å². The average Bonchev–Trinajstić information content (AvgIpc) is 2.63. The number of nitrogens with zero attached hydrogens (tertiary/aromatic N) is 2. The van der Waals surface area contributed by atoms with Crippen molar-refractivity contribution < 1.29 is 17.9 Å². The molecule has 0 aromatic heterocycles. The van der Waals surface area contributed by atoms with Crippen molar-refractivity contribution in [3.8, 4) is 0 Å². The summed E-state index contributed by atoms with van der Waals surface area (Å²) < 4.78 is 36.3. The van der Waals surface area contributed by atoms with Crippen LogP contribution >= 0.6 is 0 Å². The second kappa shape index (κ2) is 11.1. The van der Waals surface area contributed by atoms with Crippen LogP contribution in [0.2, 0.25) is 0 Å². The lowest BCUT2D eigenvalue weighted by atomic mass is 10.1. The molecule has 1 unspecified atom stereocenters. The zero-order chi connectivity index (χ0) is 18.8. The minimum atomic E-state index is -3.11. The Morgan fingerprint density at radius 2 is 2.00 bits per heavy atom. The van der Waals surface area contributed by atoms with Crippen LogP contribution in [0.25, 0.3) is 0 Å². The maximum atomic E-state index is 11.0. The molecule has 8 nitrogen and oxygen atoms in total. The lowest BCUT2D eigenvalue weighted by molar-refractivity contribution is -0.0721. The number of likely N-dealkylation sites (tertiary alicyclic amines) is 1. The molecule has 0 saturated carbocycles. The maximum Gasteiger partial charge on any atom is 0.208 e. The quantitative estimate of drug-likeness (QED) is 0.357. The fourth-order valence-electron chi connectivity index (χ4n) is 3.29. The minimum Gasteiger partial charge on any atom is -0.376 e. The highest BCUT2D eigenvalue weighted by Gasteiger charge is 2.23. The van der Waals surface area contributed by atoms with Gasteiger partial charge in [-0.05, 0) is 38.5 Å². The van der Waals surface area contributed by atoms with Gasteiger partial charge in [-0.25, -0.2) is 13.1 Å². The number of guanidine groups is 1. The van der Waals surface area contributed by atoms with E-state index in [1.807, 2.05) is 0 Å². The van der Waals surface area contributed by atoms with Crippen LogP contribution in [0.3, 0.4) is 0 Å².